The van der Waals surface area contributed by atoms with Gasteiger partial charge in [-0.15, -0.1) is 0 Å². The summed E-state index contributed by atoms with van der Waals surface area (Å²) in [5.41, 5.74) is 1.69. The third kappa shape index (κ3) is 4.83. The summed E-state index contributed by atoms with van der Waals surface area (Å²) < 4.78 is 10.8. The van der Waals surface area contributed by atoms with Gasteiger partial charge in [0.1, 0.15) is 35.8 Å². The first-order chi connectivity index (χ1) is 17.5. The van der Waals surface area contributed by atoms with Gasteiger partial charge in [0.25, 0.3) is 0 Å². The van der Waals surface area contributed by atoms with Crippen LogP contribution in [0.15, 0.2) is 97.1 Å². The predicted molar refractivity (Wildman–Crippen MR) is 136 cm³/mol. The number of phenols is 2. The van der Waals surface area contributed by atoms with Gasteiger partial charge in [-0.3, -0.25) is 0 Å². The Kier molecular flexibility index (Phi) is 6.24. The second kappa shape index (κ2) is 9.80. The standard InChI is InChI=1S/C30H22O6/c31-27-15-23-7-3-1-5-21(23)13-25(27)29(33)35-17-19-9-11-20(12-10-19)18-36-30(34)26-14-22-6-2-4-8-24(22)16-28(26)32/h1-16,31-32H,17-18H2. The lowest BCUT2D eigenvalue weighted by Gasteiger charge is -2.10. The van der Waals surface area contributed by atoms with E-state index in [1.807, 2.05) is 48.5 Å². The van der Waals surface area contributed by atoms with E-state index in [-0.39, 0.29) is 35.8 Å². The van der Waals surface area contributed by atoms with Crippen LogP contribution in [0.1, 0.15) is 31.8 Å². The van der Waals surface area contributed by atoms with Crippen LogP contribution in [0.25, 0.3) is 21.5 Å². The molecule has 0 bridgehead atoms. The summed E-state index contributed by atoms with van der Waals surface area (Å²) in [7, 11) is 0. The minimum absolute atomic E-state index is 0.0239. The van der Waals surface area contributed by atoms with Crippen molar-refractivity contribution in [3.8, 4) is 11.5 Å². The van der Waals surface area contributed by atoms with Crippen molar-refractivity contribution in [2.75, 3.05) is 0 Å². The zero-order valence-corrected chi connectivity index (χ0v) is 19.2. The van der Waals surface area contributed by atoms with Crippen LogP contribution in [-0.4, -0.2) is 22.2 Å². The van der Waals surface area contributed by atoms with E-state index >= 15 is 0 Å². The molecule has 6 nitrogen and oxygen atoms in total. The lowest BCUT2D eigenvalue weighted by molar-refractivity contribution is 0.0456. The quantitative estimate of drug-likeness (QED) is 0.286. The molecule has 0 atom stereocenters. The zero-order valence-electron chi connectivity index (χ0n) is 19.2. The second-order valence-corrected chi connectivity index (χ2v) is 8.40. The highest BCUT2D eigenvalue weighted by molar-refractivity contribution is 5.99. The van der Waals surface area contributed by atoms with Crippen LogP contribution in [0, 0.1) is 0 Å². The maximum absolute atomic E-state index is 12.5. The molecule has 0 radical (unpaired) electrons. The molecule has 5 aromatic rings. The van der Waals surface area contributed by atoms with Gasteiger partial charge in [0.2, 0.25) is 0 Å². The number of aromatic hydroxyl groups is 2. The fourth-order valence-corrected chi connectivity index (χ4v) is 3.97. The smallest absolute Gasteiger partial charge is 0.342 e. The molecule has 0 saturated carbocycles. The van der Waals surface area contributed by atoms with E-state index in [2.05, 4.69) is 0 Å². The first kappa shape index (κ1) is 22.9. The summed E-state index contributed by atoms with van der Waals surface area (Å²) in [5, 5.41) is 23.7. The molecule has 0 heterocycles. The van der Waals surface area contributed by atoms with Crippen molar-refractivity contribution < 1.29 is 29.3 Å². The summed E-state index contributed by atoms with van der Waals surface area (Å²) in [6.45, 7) is 0.0479. The first-order valence-electron chi connectivity index (χ1n) is 11.3. The summed E-state index contributed by atoms with van der Waals surface area (Å²) in [6, 6.07) is 28.2. The number of rotatable bonds is 6. The Labute approximate surface area is 207 Å². The van der Waals surface area contributed by atoms with Crippen LogP contribution in [0.4, 0.5) is 0 Å². The average Bonchev–Trinajstić information content (AvgIpc) is 2.90. The van der Waals surface area contributed by atoms with Crippen molar-refractivity contribution in [3.05, 3.63) is 119 Å². The Balaban J connectivity index is 1.19. The van der Waals surface area contributed by atoms with Gasteiger partial charge in [-0.05, 0) is 56.9 Å². The van der Waals surface area contributed by atoms with Crippen molar-refractivity contribution in [1.82, 2.24) is 0 Å². The molecule has 0 aromatic heterocycles. The van der Waals surface area contributed by atoms with Gasteiger partial charge in [-0.2, -0.15) is 0 Å². The second-order valence-electron chi connectivity index (χ2n) is 8.40. The molecule has 0 aliphatic carbocycles. The van der Waals surface area contributed by atoms with Gasteiger partial charge in [-0.25, -0.2) is 9.59 Å². The molecular formula is C30H22O6. The molecule has 178 valence electrons. The van der Waals surface area contributed by atoms with Crippen molar-refractivity contribution in [1.29, 1.82) is 0 Å². The Morgan fingerprint density at radius 2 is 0.861 bits per heavy atom. The normalized spacial score (nSPS) is 10.9. The molecule has 0 saturated heterocycles. The van der Waals surface area contributed by atoms with E-state index in [0.717, 1.165) is 32.7 Å². The number of ether oxygens (including phenoxy) is 2. The first-order valence-corrected chi connectivity index (χ1v) is 11.3. The van der Waals surface area contributed by atoms with Gasteiger partial charge in [0, 0.05) is 0 Å². The van der Waals surface area contributed by atoms with Gasteiger partial charge in [0.05, 0.1) is 0 Å². The molecule has 36 heavy (non-hydrogen) atoms. The van der Waals surface area contributed by atoms with Crippen LogP contribution < -0.4 is 0 Å². The van der Waals surface area contributed by atoms with Crippen molar-refractivity contribution in [2.45, 2.75) is 13.2 Å². The number of hydrogen-bond acceptors (Lipinski definition) is 6. The van der Waals surface area contributed by atoms with Gasteiger partial charge in [0.15, 0.2) is 0 Å². The molecule has 0 aliphatic heterocycles. The van der Waals surface area contributed by atoms with E-state index in [1.54, 1.807) is 48.5 Å². The van der Waals surface area contributed by atoms with Gasteiger partial charge < -0.3 is 19.7 Å². The summed E-state index contributed by atoms with van der Waals surface area (Å²) in [6.07, 6.45) is 0. The number of carbonyl (C=O) groups is 2. The lowest BCUT2D eigenvalue weighted by atomic mass is 10.1. The number of hydrogen-bond donors (Lipinski definition) is 2. The third-order valence-electron chi connectivity index (χ3n) is 5.93. The highest BCUT2D eigenvalue weighted by Crippen LogP contribution is 2.27. The largest absolute Gasteiger partial charge is 0.507 e. The SMILES string of the molecule is O=C(OCc1ccc(COC(=O)c2cc3ccccc3cc2O)cc1)c1cc2ccccc2cc1O. The molecule has 0 fully saturated rings. The van der Waals surface area contributed by atoms with E-state index in [1.165, 1.54) is 0 Å². The van der Waals surface area contributed by atoms with Crippen LogP contribution >= 0.6 is 0 Å². The molecule has 6 heteroatoms. The van der Waals surface area contributed by atoms with Crippen LogP contribution in [0.3, 0.4) is 0 Å². The predicted octanol–water partition coefficient (Wildman–Crippen LogP) is 6.12. The topological polar surface area (TPSA) is 93.1 Å². The number of benzene rings is 5. The minimum Gasteiger partial charge on any atom is -0.507 e. The van der Waals surface area contributed by atoms with Crippen molar-refractivity contribution in [3.63, 3.8) is 0 Å². The molecule has 5 aromatic carbocycles. The van der Waals surface area contributed by atoms with Crippen molar-refractivity contribution in [2.24, 2.45) is 0 Å². The van der Waals surface area contributed by atoms with E-state index in [4.69, 9.17) is 9.47 Å². The Bertz CT molecular complexity index is 1470. The molecule has 0 spiro atoms. The van der Waals surface area contributed by atoms with Gasteiger partial charge in [-0.1, -0.05) is 72.8 Å². The summed E-state index contributed by atoms with van der Waals surface area (Å²) in [5.74, 6) is -1.50. The summed E-state index contributed by atoms with van der Waals surface area (Å²) in [4.78, 5) is 25.0. The van der Waals surface area contributed by atoms with E-state index in [0.29, 0.717) is 0 Å². The van der Waals surface area contributed by atoms with E-state index in [9.17, 15) is 19.8 Å². The number of fused-ring (bicyclic) bond motifs is 2. The number of carbonyl (C=O) groups excluding carboxylic acids is 2. The fraction of sp³-hybridized carbons (Fsp3) is 0.0667. The molecule has 0 amide bonds. The minimum atomic E-state index is -0.619. The van der Waals surface area contributed by atoms with Crippen LogP contribution in [0.5, 0.6) is 11.5 Å². The van der Waals surface area contributed by atoms with Crippen molar-refractivity contribution >= 4 is 33.5 Å². The number of esters is 2. The molecule has 5 rings (SSSR count). The highest BCUT2D eigenvalue weighted by Gasteiger charge is 2.16. The Morgan fingerprint density at radius 3 is 1.22 bits per heavy atom. The fourth-order valence-electron chi connectivity index (χ4n) is 3.97. The Hall–Kier alpha value is -4.84. The summed E-state index contributed by atoms with van der Waals surface area (Å²) >= 11 is 0. The van der Waals surface area contributed by atoms with Crippen LogP contribution in [-0.2, 0) is 22.7 Å². The monoisotopic (exact) mass is 478 g/mol. The zero-order chi connectivity index (χ0) is 25.1. The number of phenolic OH excluding ortho intramolecular Hbond substituents is 2. The maximum atomic E-state index is 12.5. The van der Waals surface area contributed by atoms with E-state index < -0.39 is 11.9 Å². The molecule has 0 aliphatic rings. The van der Waals surface area contributed by atoms with Crippen LogP contribution in [0.2, 0.25) is 0 Å². The lowest BCUT2D eigenvalue weighted by Crippen LogP contribution is -2.07. The van der Waals surface area contributed by atoms with Gasteiger partial charge >= 0.3 is 11.9 Å². The Morgan fingerprint density at radius 1 is 0.528 bits per heavy atom. The molecule has 2 N–H and O–H groups in total. The molecular weight excluding hydrogens is 456 g/mol. The molecule has 0 unspecified atom stereocenters. The highest BCUT2D eigenvalue weighted by atomic mass is 16.5. The third-order valence-corrected chi connectivity index (χ3v) is 5.93. The maximum Gasteiger partial charge on any atom is 0.342 e. The average molecular weight is 479 g/mol.